The van der Waals surface area contributed by atoms with Crippen LogP contribution in [0.3, 0.4) is 0 Å². The lowest BCUT2D eigenvalue weighted by molar-refractivity contribution is 0.0953. The Morgan fingerprint density at radius 2 is 1.65 bits per heavy atom. The molecule has 3 amide bonds. The molecule has 2 heterocycles. The zero-order chi connectivity index (χ0) is 26.6. The van der Waals surface area contributed by atoms with Gasteiger partial charge in [-0.15, -0.1) is 0 Å². The molecular formula is C25H33FN6O4S. The van der Waals surface area contributed by atoms with E-state index in [1.165, 1.54) is 21.9 Å². The van der Waals surface area contributed by atoms with E-state index in [-0.39, 0.29) is 42.3 Å². The van der Waals surface area contributed by atoms with E-state index in [4.69, 9.17) is 5.84 Å². The molecule has 2 fully saturated rings. The van der Waals surface area contributed by atoms with E-state index in [1.54, 1.807) is 0 Å². The van der Waals surface area contributed by atoms with Crippen molar-refractivity contribution in [3.8, 4) is 0 Å². The quantitative estimate of drug-likeness (QED) is 0.324. The molecule has 2 aliphatic heterocycles. The monoisotopic (exact) mass is 532 g/mol. The van der Waals surface area contributed by atoms with Gasteiger partial charge in [-0.1, -0.05) is 18.2 Å². The van der Waals surface area contributed by atoms with Gasteiger partial charge >= 0.3 is 6.03 Å². The molecule has 0 aliphatic carbocycles. The normalized spacial score (nSPS) is 18.4. The molecular weight excluding hydrogens is 499 g/mol. The minimum Gasteiger partial charge on any atom is -0.322 e. The maximum atomic E-state index is 14.9. The van der Waals surface area contributed by atoms with Gasteiger partial charge in [-0.2, -0.15) is 0 Å². The summed E-state index contributed by atoms with van der Waals surface area (Å²) in [5.41, 5.74) is 3.93. The van der Waals surface area contributed by atoms with E-state index >= 15 is 0 Å². The average Bonchev–Trinajstić information content (AvgIpc) is 2.89. The highest BCUT2D eigenvalue weighted by atomic mass is 32.2. The average molecular weight is 533 g/mol. The summed E-state index contributed by atoms with van der Waals surface area (Å²) < 4.78 is 38.7. The Morgan fingerprint density at radius 1 is 1.00 bits per heavy atom. The van der Waals surface area contributed by atoms with E-state index < -0.39 is 27.6 Å². The highest BCUT2D eigenvalue weighted by Crippen LogP contribution is 2.23. The molecule has 3 N–H and O–H groups in total. The fourth-order valence-corrected chi connectivity index (χ4v) is 5.66. The molecule has 2 aromatic rings. The van der Waals surface area contributed by atoms with Crippen LogP contribution < -0.4 is 16.2 Å². The minimum absolute atomic E-state index is 0.0659. The molecule has 0 bridgehead atoms. The SMILES string of the molecule is CN1CCN(Cc2ccc(N(Cc3ccc(C(=O)NN)cc3F)C(=O)N3CCS(=O)(=O)CC3)cc2)CC1. The number of benzene rings is 2. The number of anilines is 1. The van der Waals surface area contributed by atoms with E-state index in [2.05, 4.69) is 16.8 Å². The second-order valence-corrected chi connectivity index (χ2v) is 11.8. The van der Waals surface area contributed by atoms with Gasteiger partial charge in [0.1, 0.15) is 5.82 Å². The van der Waals surface area contributed by atoms with Crippen LogP contribution >= 0.6 is 0 Å². The second-order valence-electron chi connectivity index (χ2n) is 9.53. The number of carbonyl (C=O) groups excluding carboxylic acids is 2. The summed E-state index contributed by atoms with van der Waals surface area (Å²) in [5, 5.41) is 0. The van der Waals surface area contributed by atoms with Gasteiger partial charge in [0.25, 0.3) is 5.91 Å². The van der Waals surface area contributed by atoms with Gasteiger partial charge < -0.3 is 9.80 Å². The summed E-state index contributed by atoms with van der Waals surface area (Å²) in [7, 11) is -1.06. The Labute approximate surface area is 216 Å². The third-order valence-corrected chi connectivity index (χ3v) is 8.48. The largest absolute Gasteiger partial charge is 0.324 e. The van der Waals surface area contributed by atoms with E-state index in [0.29, 0.717) is 5.69 Å². The van der Waals surface area contributed by atoms with Crippen LogP contribution in [0, 0.1) is 5.82 Å². The van der Waals surface area contributed by atoms with Crippen molar-refractivity contribution in [3.63, 3.8) is 0 Å². The van der Waals surface area contributed by atoms with Crippen LogP contribution in [-0.4, -0.2) is 92.9 Å². The first kappa shape index (κ1) is 27.0. The van der Waals surface area contributed by atoms with Crippen molar-refractivity contribution in [1.29, 1.82) is 0 Å². The maximum absolute atomic E-state index is 14.9. The molecule has 200 valence electrons. The van der Waals surface area contributed by atoms with Crippen molar-refractivity contribution in [2.24, 2.45) is 5.84 Å². The molecule has 0 radical (unpaired) electrons. The predicted molar refractivity (Wildman–Crippen MR) is 139 cm³/mol. The fraction of sp³-hybridized carbons (Fsp3) is 0.440. The van der Waals surface area contributed by atoms with E-state index in [0.717, 1.165) is 44.4 Å². The number of nitrogens with one attached hydrogen (secondary N) is 1. The van der Waals surface area contributed by atoms with E-state index in [9.17, 15) is 22.4 Å². The van der Waals surface area contributed by atoms with E-state index in [1.807, 2.05) is 29.7 Å². The van der Waals surface area contributed by atoms with Crippen molar-refractivity contribution in [2.75, 3.05) is 62.7 Å². The lowest BCUT2D eigenvalue weighted by Gasteiger charge is -2.33. The van der Waals surface area contributed by atoms with Crippen LogP contribution in [0.2, 0.25) is 0 Å². The first-order chi connectivity index (χ1) is 17.6. The molecule has 37 heavy (non-hydrogen) atoms. The molecule has 4 rings (SSSR count). The van der Waals surface area contributed by atoms with Crippen molar-refractivity contribution in [1.82, 2.24) is 20.1 Å². The van der Waals surface area contributed by atoms with Crippen molar-refractivity contribution >= 4 is 27.5 Å². The molecule has 0 saturated carbocycles. The van der Waals surface area contributed by atoms with Crippen LogP contribution in [0.25, 0.3) is 0 Å². The third kappa shape index (κ3) is 6.83. The number of hydrogen-bond donors (Lipinski definition) is 2. The maximum Gasteiger partial charge on any atom is 0.324 e. The number of hydrogen-bond acceptors (Lipinski definition) is 7. The van der Waals surface area contributed by atoms with Crippen LogP contribution in [0.5, 0.6) is 0 Å². The van der Waals surface area contributed by atoms with Gasteiger partial charge in [-0.05, 0) is 36.9 Å². The van der Waals surface area contributed by atoms with Crippen LogP contribution in [0.15, 0.2) is 42.5 Å². The molecule has 0 spiro atoms. The molecule has 2 saturated heterocycles. The Morgan fingerprint density at radius 3 is 2.24 bits per heavy atom. The summed E-state index contributed by atoms with van der Waals surface area (Å²) in [4.78, 5) is 32.9. The molecule has 10 nitrogen and oxygen atoms in total. The molecule has 0 unspecified atom stereocenters. The number of nitrogen functional groups attached to an aromatic ring is 1. The molecule has 12 heteroatoms. The summed E-state index contributed by atoms with van der Waals surface area (Å²) in [6, 6.07) is 11.1. The molecule has 2 aromatic carbocycles. The predicted octanol–water partition coefficient (Wildman–Crippen LogP) is 1.03. The fourth-order valence-electron chi connectivity index (χ4n) is 4.46. The van der Waals surface area contributed by atoms with Gasteiger partial charge in [0.2, 0.25) is 0 Å². The van der Waals surface area contributed by atoms with Gasteiger partial charge in [0, 0.05) is 62.6 Å². The van der Waals surface area contributed by atoms with Gasteiger partial charge in [0.05, 0.1) is 18.1 Å². The van der Waals surface area contributed by atoms with Crippen LogP contribution in [0.1, 0.15) is 21.5 Å². The highest BCUT2D eigenvalue weighted by Gasteiger charge is 2.29. The Bertz CT molecular complexity index is 1220. The number of piperazine rings is 1. The topological polar surface area (TPSA) is 119 Å². The van der Waals surface area contributed by atoms with Gasteiger partial charge in [0.15, 0.2) is 9.84 Å². The van der Waals surface area contributed by atoms with Crippen LogP contribution in [-0.2, 0) is 22.9 Å². The zero-order valence-electron chi connectivity index (χ0n) is 20.9. The number of rotatable bonds is 6. The first-order valence-corrected chi connectivity index (χ1v) is 14.0. The smallest absolute Gasteiger partial charge is 0.322 e. The summed E-state index contributed by atoms with van der Waals surface area (Å²) in [6.07, 6.45) is 0. The number of amides is 3. The summed E-state index contributed by atoms with van der Waals surface area (Å²) in [5.74, 6) is 3.66. The number of urea groups is 1. The van der Waals surface area contributed by atoms with Gasteiger partial charge in [-0.25, -0.2) is 23.4 Å². The molecule has 0 atom stereocenters. The standard InChI is InChI=1S/C25H33FN6O4S/c1-29-8-10-30(11-9-29)17-19-2-6-22(7-3-19)32(25(34)31-12-14-37(35,36)15-13-31)18-21-5-4-20(16-23(21)26)24(33)28-27/h2-7,16H,8-15,17-18,27H2,1H3,(H,28,33). The summed E-state index contributed by atoms with van der Waals surface area (Å²) >= 11 is 0. The zero-order valence-corrected chi connectivity index (χ0v) is 21.7. The lowest BCUT2D eigenvalue weighted by atomic mass is 10.1. The number of halogens is 1. The minimum atomic E-state index is -3.17. The number of nitrogens with zero attached hydrogens (tertiary/aromatic N) is 4. The van der Waals surface area contributed by atoms with Crippen LogP contribution in [0.4, 0.5) is 14.9 Å². The van der Waals surface area contributed by atoms with Crippen molar-refractivity contribution in [2.45, 2.75) is 13.1 Å². The third-order valence-electron chi connectivity index (χ3n) is 6.87. The lowest BCUT2D eigenvalue weighted by Crippen LogP contribution is -2.49. The van der Waals surface area contributed by atoms with Gasteiger partial charge in [-0.3, -0.25) is 20.0 Å². The number of nitrogens with two attached hydrogens (primary N) is 1. The summed E-state index contributed by atoms with van der Waals surface area (Å²) in [6.45, 7) is 4.87. The Kier molecular flexibility index (Phi) is 8.42. The molecule has 0 aromatic heterocycles. The second kappa shape index (κ2) is 11.5. The first-order valence-electron chi connectivity index (χ1n) is 12.2. The molecule has 2 aliphatic rings. The highest BCUT2D eigenvalue weighted by molar-refractivity contribution is 7.91. The van der Waals surface area contributed by atoms with Crippen molar-refractivity contribution < 1.29 is 22.4 Å². The van der Waals surface area contributed by atoms with Crippen molar-refractivity contribution in [3.05, 3.63) is 65.0 Å². The Hall–Kier alpha value is -3.06. The number of sulfone groups is 1. The number of hydrazine groups is 1. The number of carbonyl (C=O) groups is 2. The Balaban J connectivity index is 1.55. The number of likely N-dealkylation sites (N-methyl/N-ethyl adjacent to an activating group) is 1.